The van der Waals surface area contributed by atoms with E-state index in [-0.39, 0.29) is 6.73 Å². The lowest BCUT2D eigenvalue weighted by molar-refractivity contribution is -0.186. The molecule has 1 fully saturated rings. The molecule has 0 saturated carbocycles. The molecule has 1 atom stereocenters. The average molecular weight is 240 g/mol. The highest BCUT2D eigenvalue weighted by Crippen LogP contribution is 2.18. The Kier molecular flexibility index (Phi) is 5.51. The molecule has 0 radical (unpaired) electrons. The molecule has 1 N–H and O–H groups in total. The van der Waals surface area contributed by atoms with Gasteiger partial charge in [-0.25, -0.2) is 0 Å². The normalized spacial score (nSPS) is 23.6. The molecular weight excluding hydrogens is 221 g/mol. The molecule has 0 spiro atoms. The van der Waals surface area contributed by atoms with Crippen molar-refractivity contribution in [3.8, 4) is 0 Å². The van der Waals surface area contributed by atoms with E-state index in [9.17, 15) is 13.2 Å². The number of nitrogens with zero attached hydrogens (tertiary/aromatic N) is 1. The highest BCUT2D eigenvalue weighted by atomic mass is 19.4. The van der Waals surface area contributed by atoms with E-state index in [2.05, 4.69) is 10.1 Å². The zero-order valence-corrected chi connectivity index (χ0v) is 9.52. The summed E-state index contributed by atoms with van der Waals surface area (Å²) in [5, 5.41) is 3.05. The van der Waals surface area contributed by atoms with Crippen molar-refractivity contribution < 1.29 is 17.9 Å². The summed E-state index contributed by atoms with van der Waals surface area (Å²) in [5.41, 5.74) is 0. The van der Waals surface area contributed by atoms with Crippen LogP contribution in [0.15, 0.2) is 0 Å². The van der Waals surface area contributed by atoms with Crippen molar-refractivity contribution in [3.63, 3.8) is 0 Å². The minimum absolute atomic E-state index is 0.0753. The summed E-state index contributed by atoms with van der Waals surface area (Å²) < 4.78 is 40.4. The van der Waals surface area contributed by atoms with Crippen LogP contribution in [0.5, 0.6) is 0 Å². The molecule has 0 aromatic heterocycles. The van der Waals surface area contributed by atoms with Crippen LogP contribution >= 0.6 is 0 Å². The lowest BCUT2D eigenvalue weighted by Crippen LogP contribution is -2.46. The Morgan fingerprint density at radius 3 is 2.75 bits per heavy atom. The molecule has 1 saturated heterocycles. The van der Waals surface area contributed by atoms with Gasteiger partial charge in [0.05, 0.1) is 6.73 Å². The molecule has 1 unspecified atom stereocenters. The summed E-state index contributed by atoms with van der Waals surface area (Å²) in [4.78, 5) is 1.98. The first-order chi connectivity index (χ1) is 7.53. The van der Waals surface area contributed by atoms with Crippen LogP contribution in [0, 0.1) is 0 Å². The number of likely N-dealkylation sites (tertiary alicyclic amines) is 1. The van der Waals surface area contributed by atoms with Crippen LogP contribution in [0.1, 0.15) is 19.3 Å². The van der Waals surface area contributed by atoms with E-state index in [1.54, 1.807) is 0 Å². The number of likely N-dealkylation sites (N-methyl/N-ethyl adjacent to an activating group) is 1. The fourth-order valence-corrected chi connectivity index (χ4v) is 1.98. The second kappa shape index (κ2) is 6.42. The second-order valence-electron chi connectivity index (χ2n) is 4.11. The van der Waals surface area contributed by atoms with Crippen molar-refractivity contribution in [2.24, 2.45) is 0 Å². The molecule has 0 aliphatic carbocycles. The Bertz CT molecular complexity index is 197. The lowest BCUT2D eigenvalue weighted by atomic mass is 10.0. The van der Waals surface area contributed by atoms with Crippen molar-refractivity contribution >= 4 is 0 Å². The maximum atomic E-state index is 11.9. The first-order valence-electron chi connectivity index (χ1n) is 5.56. The Morgan fingerprint density at radius 2 is 2.12 bits per heavy atom. The largest absolute Gasteiger partial charge is 0.411 e. The molecule has 1 rings (SSSR count). The van der Waals surface area contributed by atoms with Crippen molar-refractivity contribution in [1.82, 2.24) is 10.2 Å². The minimum atomic E-state index is -4.23. The molecule has 16 heavy (non-hydrogen) atoms. The summed E-state index contributed by atoms with van der Waals surface area (Å²) in [7, 11) is 1.85. The highest BCUT2D eigenvalue weighted by molar-refractivity contribution is 4.76. The summed E-state index contributed by atoms with van der Waals surface area (Å²) in [6.45, 7) is 0.543. The van der Waals surface area contributed by atoms with Gasteiger partial charge in [-0.2, -0.15) is 13.2 Å². The Balaban J connectivity index is 2.27. The van der Waals surface area contributed by atoms with Crippen molar-refractivity contribution in [3.05, 3.63) is 0 Å². The fourth-order valence-electron chi connectivity index (χ4n) is 1.98. The van der Waals surface area contributed by atoms with E-state index in [0.29, 0.717) is 6.04 Å². The molecule has 1 aliphatic rings. The van der Waals surface area contributed by atoms with Gasteiger partial charge in [0.25, 0.3) is 0 Å². The number of piperidine rings is 1. The van der Waals surface area contributed by atoms with E-state index in [1.807, 2.05) is 11.9 Å². The molecule has 0 amide bonds. The maximum absolute atomic E-state index is 11.9. The van der Waals surface area contributed by atoms with Gasteiger partial charge in [0, 0.05) is 19.1 Å². The van der Waals surface area contributed by atoms with E-state index in [1.165, 1.54) is 0 Å². The van der Waals surface area contributed by atoms with Gasteiger partial charge in [-0.3, -0.25) is 4.90 Å². The van der Waals surface area contributed by atoms with Gasteiger partial charge in [0.2, 0.25) is 0 Å². The number of nitrogens with one attached hydrogen (secondary N) is 1. The number of hydrogen-bond acceptors (Lipinski definition) is 3. The highest BCUT2D eigenvalue weighted by Gasteiger charge is 2.29. The van der Waals surface area contributed by atoms with E-state index in [4.69, 9.17) is 0 Å². The number of hydrogen-bond donors (Lipinski definition) is 1. The number of alkyl halides is 3. The van der Waals surface area contributed by atoms with Gasteiger partial charge < -0.3 is 10.1 Å². The molecule has 0 bridgehead atoms. The molecule has 96 valence electrons. The standard InChI is InChI=1S/C10H19F3N2O/c1-14-6-9-4-2-3-5-15(9)8-16-7-10(11,12)13/h9,14H,2-8H2,1H3. The smallest absolute Gasteiger partial charge is 0.357 e. The van der Waals surface area contributed by atoms with Crippen LogP contribution in [0.3, 0.4) is 0 Å². The average Bonchev–Trinajstić information content (AvgIpc) is 2.19. The third-order valence-electron chi connectivity index (χ3n) is 2.71. The van der Waals surface area contributed by atoms with Gasteiger partial charge in [0.15, 0.2) is 0 Å². The van der Waals surface area contributed by atoms with Crippen LogP contribution in [-0.2, 0) is 4.74 Å². The SMILES string of the molecule is CNCC1CCCCN1COCC(F)(F)F. The molecule has 1 aliphatic heterocycles. The molecule has 0 aromatic rings. The van der Waals surface area contributed by atoms with Gasteiger partial charge in [-0.15, -0.1) is 0 Å². The number of ether oxygens (including phenoxy) is 1. The van der Waals surface area contributed by atoms with Crippen LogP contribution < -0.4 is 5.32 Å². The molecule has 0 aromatic carbocycles. The molecule has 1 heterocycles. The van der Waals surface area contributed by atoms with Gasteiger partial charge in [-0.1, -0.05) is 6.42 Å². The first-order valence-corrected chi connectivity index (χ1v) is 5.56. The Labute approximate surface area is 93.9 Å². The van der Waals surface area contributed by atoms with E-state index < -0.39 is 12.8 Å². The van der Waals surface area contributed by atoms with Crippen LogP contribution in [-0.4, -0.2) is 50.6 Å². The quantitative estimate of drug-likeness (QED) is 0.790. The van der Waals surface area contributed by atoms with Crippen molar-refractivity contribution in [1.29, 1.82) is 0 Å². The second-order valence-corrected chi connectivity index (χ2v) is 4.11. The van der Waals surface area contributed by atoms with Crippen LogP contribution in [0.2, 0.25) is 0 Å². The Morgan fingerprint density at radius 1 is 1.38 bits per heavy atom. The maximum Gasteiger partial charge on any atom is 0.411 e. The minimum Gasteiger partial charge on any atom is -0.357 e. The van der Waals surface area contributed by atoms with Gasteiger partial charge >= 0.3 is 6.18 Å². The number of rotatable bonds is 5. The molecule has 6 heteroatoms. The zero-order chi connectivity index (χ0) is 12.0. The zero-order valence-electron chi connectivity index (χ0n) is 9.52. The fraction of sp³-hybridized carbons (Fsp3) is 1.00. The summed E-state index contributed by atoms with van der Waals surface area (Å²) in [6.07, 6.45) is -1.03. The first kappa shape index (κ1) is 13.7. The predicted molar refractivity (Wildman–Crippen MR) is 55.1 cm³/mol. The van der Waals surface area contributed by atoms with Crippen molar-refractivity contribution in [2.75, 3.05) is 33.5 Å². The van der Waals surface area contributed by atoms with Crippen LogP contribution in [0.4, 0.5) is 13.2 Å². The Hall–Kier alpha value is -0.330. The molecular formula is C10H19F3N2O. The van der Waals surface area contributed by atoms with E-state index >= 15 is 0 Å². The summed E-state index contributed by atoms with van der Waals surface area (Å²) in [5.74, 6) is 0. The third-order valence-corrected chi connectivity index (χ3v) is 2.71. The van der Waals surface area contributed by atoms with Crippen LogP contribution in [0.25, 0.3) is 0 Å². The lowest BCUT2D eigenvalue weighted by Gasteiger charge is -2.35. The third kappa shape index (κ3) is 5.14. The summed E-state index contributed by atoms with van der Waals surface area (Å²) >= 11 is 0. The predicted octanol–water partition coefficient (Wildman–Crippen LogP) is 1.60. The van der Waals surface area contributed by atoms with E-state index in [0.717, 1.165) is 32.4 Å². The van der Waals surface area contributed by atoms with Gasteiger partial charge in [0.1, 0.15) is 6.61 Å². The summed E-state index contributed by atoms with van der Waals surface area (Å²) in [6, 6.07) is 0.298. The number of halogens is 3. The molecule has 3 nitrogen and oxygen atoms in total. The monoisotopic (exact) mass is 240 g/mol. The topological polar surface area (TPSA) is 24.5 Å². The van der Waals surface area contributed by atoms with Gasteiger partial charge in [-0.05, 0) is 19.9 Å². The van der Waals surface area contributed by atoms with Crippen molar-refractivity contribution in [2.45, 2.75) is 31.5 Å².